The highest BCUT2D eigenvalue weighted by Crippen LogP contribution is 2.26. The lowest BCUT2D eigenvalue weighted by molar-refractivity contribution is -0.138. The van der Waals surface area contributed by atoms with Gasteiger partial charge in [-0.05, 0) is 18.2 Å². The summed E-state index contributed by atoms with van der Waals surface area (Å²) in [6, 6.07) is 13.7. The molecule has 0 aliphatic carbocycles. The average molecular weight is 397 g/mol. The van der Waals surface area contributed by atoms with Gasteiger partial charge in [0, 0.05) is 24.1 Å². The number of hydrogen-bond donors (Lipinski definition) is 0. The van der Waals surface area contributed by atoms with E-state index in [-0.39, 0.29) is 16.5 Å². The number of hydrogen-bond acceptors (Lipinski definition) is 3. The highest BCUT2D eigenvalue weighted by atomic mass is 79.9. The van der Waals surface area contributed by atoms with Crippen LogP contribution in [0.3, 0.4) is 0 Å². The zero-order valence-electron chi connectivity index (χ0n) is 12.6. The van der Waals surface area contributed by atoms with Gasteiger partial charge in [0.15, 0.2) is 0 Å². The van der Waals surface area contributed by atoms with Crippen LogP contribution in [0.25, 0.3) is 0 Å². The Kier molecular flexibility index (Phi) is 5.80. The van der Waals surface area contributed by atoms with Crippen LogP contribution in [0.5, 0.6) is 0 Å². The number of benzene rings is 2. The number of carbonyl (C=O) groups excluding carboxylic acids is 2. The van der Waals surface area contributed by atoms with Crippen molar-refractivity contribution in [1.29, 1.82) is 0 Å². The lowest BCUT2D eigenvalue weighted by Gasteiger charge is -2.21. The second-order valence-corrected chi connectivity index (χ2v) is 6.38. The fourth-order valence-corrected chi connectivity index (χ4v) is 2.50. The smallest absolute Gasteiger partial charge is 0.340 e. The molecule has 0 bridgehead atoms. The van der Waals surface area contributed by atoms with E-state index in [2.05, 4.69) is 15.9 Å². The summed E-state index contributed by atoms with van der Waals surface area (Å²) in [5.41, 5.74) is 0.805. The van der Waals surface area contributed by atoms with Crippen LogP contribution in [0.1, 0.15) is 22.0 Å². The van der Waals surface area contributed by atoms with E-state index in [4.69, 9.17) is 16.3 Å². The summed E-state index contributed by atoms with van der Waals surface area (Å²) in [7, 11) is 3.22. The highest BCUT2D eigenvalue weighted by molar-refractivity contribution is 9.10. The van der Waals surface area contributed by atoms with Gasteiger partial charge in [0.1, 0.15) is 0 Å². The van der Waals surface area contributed by atoms with Gasteiger partial charge in [-0.2, -0.15) is 0 Å². The van der Waals surface area contributed by atoms with Crippen molar-refractivity contribution in [3.63, 3.8) is 0 Å². The van der Waals surface area contributed by atoms with Gasteiger partial charge < -0.3 is 9.64 Å². The summed E-state index contributed by atoms with van der Waals surface area (Å²) in [6.07, 6.45) is -1.02. The molecular formula is C17H15BrClNO3. The minimum atomic E-state index is -1.02. The van der Waals surface area contributed by atoms with Gasteiger partial charge in [-0.25, -0.2) is 4.79 Å². The first kappa shape index (κ1) is 17.5. The molecule has 0 heterocycles. The first-order chi connectivity index (χ1) is 10.9. The number of ether oxygens (including phenoxy) is 1. The van der Waals surface area contributed by atoms with Crippen molar-refractivity contribution >= 4 is 39.4 Å². The molecule has 0 spiro atoms. The minimum Gasteiger partial charge on any atom is -0.444 e. The molecule has 2 aromatic carbocycles. The fraction of sp³-hybridized carbons (Fsp3) is 0.176. The van der Waals surface area contributed by atoms with Crippen molar-refractivity contribution < 1.29 is 14.3 Å². The Morgan fingerprint density at radius 3 is 2.39 bits per heavy atom. The first-order valence-corrected chi connectivity index (χ1v) is 7.99. The monoisotopic (exact) mass is 395 g/mol. The number of rotatable bonds is 4. The molecule has 0 aliphatic heterocycles. The largest absolute Gasteiger partial charge is 0.444 e. The van der Waals surface area contributed by atoms with E-state index >= 15 is 0 Å². The SMILES string of the molecule is CN(C)C(=O)[C@@H](OC(=O)c1cc(Br)ccc1Cl)c1ccccc1. The lowest BCUT2D eigenvalue weighted by Crippen LogP contribution is -2.31. The van der Waals surface area contributed by atoms with E-state index in [1.54, 1.807) is 56.6 Å². The second kappa shape index (κ2) is 7.62. The molecule has 1 atom stereocenters. The molecular weight excluding hydrogens is 382 g/mol. The van der Waals surface area contributed by atoms with E-state index in [9.17, 15) is 9.59 Å². The Morgan fingerprint density at radius 2 is 1.78 bits per heavy atom. The summed E-state index contributed by atoms with van der Waals surface area (Å²) >= 11 is 9.33. The number of carbonyl (C=O) groups is 2. The number of esters is 1. The predicted octanol–water partition coefficient (Wildman–Crippen LogP) is 4.09. The van der Waals surface area contributed by atoms with Crippen molar-refractivity contribution in [2.75, 3.05) is 14.1 Å². The molecule has 1 amide bonds. The zero-order chi connectivity index (χ0) is 17.0. The maximum Gasteiger partial charge on any atom is 0.340 e. The van der Waals surface area contributed by atoms with Gasteiger partial charge in [-0.1, -0.05) is 57.9 Å². The summed E-state index contributed by atoms with van der Waals surface area (Å²) in [6.45, 7) is 0. The Balaban J connectivity index is 2.32. The molecule has 0 unspecified atom stereocenters. The molecule has 23 heavy (non-hydrogen) atoms. The summed E-state index contributed by atoms with van der Waals surface area (Å²) in [5, 5.41) is 0.266. The summed E-state index contributed by atoms with van der Waals surface area (Å²) in [4.78, 5) is 26.2. The van der Waals surface area contributed by atoms with Crippen LogP contribution in [-0.4, -0.2) is 30.9 Å². The molecule has 0 saturated carbocycles. The summed E-state index contributed by atoms with van der Waals surface area (Å²) < 4.78 is 6.14. The molecule has 2 aromatic rings. The normalized spacial score (nSPS) is 11.7. The highest BCUT2D eigenvalue weighted by Gasteiger charge is 2.27. The summed E-state index contributed by atoms with van der Waals surface area (Å²) in [5.74, 6) is -0.976. The molecule has 4 nitrogen and oxygen atoms in total. The molecule has 0 aromatic heterocycles. The Morgan fingerprint density at radius 1 is 1.13 bits per heavy atom. The average Bonchev–Trinajstić information content (AvgIpc) is 2.54. The van der Waals surface area contributed by atoms with E-state index < -0.39 is 12.1 Å². The van der Waals surface area contributed by atoms with Crippen LogP contribution < -0.4 is 0 Å². The van der Waals surface area contributed by atoms with Crippen LogP contribution in [0, 0.1) is 0 Å². The molecule has 6 heteroatoms. The lowest BCUT2D eigenvalue weighted by atomic mass is 10.1. The van der Waals surface area contributed by atoms with Crippen molar-refractivity contribution in [2.45, 2.75) is 6.10 Å². The zero-order valence-corrected chi connectivity index (χ0v) is 15.0. The quantitative estimate of drug-likeness (QED) is 0.731. The number of nitrogens with zero attached hydrogens (tertiary/aromatic N) is 1. The van der Waals surface area contributed by atoms with E-state index in [1.807, 2.05) is 6.07 Å². The molecule has 0 radical (unpaired) electrons. The molecule has 0 aliphatic rings. The maximum atomic E-state index is 12.4. The van der Waals surface area contributed by atoms with Gasteiger partial charge in [0.25, 0.3) is 5.91 Å². The first-order valence-electron chi connectivity index (χ1n) is 6.82. The Hall–Kier alpha value is -1.85. The minimum absolute atomic E-state index is 0.202. The van der Waals surface area contributed by atoms with E-state index in [0.29, 0.717) is 10.0 Å². The topological polar surface area (TPSA) is 46.6 Å². The van der Waals surface area contributed by atoms with Gasteiger partial charge in [-0.3, -0.25) is 4.79 Å². The number of amides is 1. The third kappa shape index (κ3) is 4.33. The molecule has 0 fully saturated rings. The third-order valence-electron chi connectivity index (χ3n) is 3.14. The second-order valence-electron chi connectivity index (χ2n) is 5.05. The predicted molar refractivity (Wildman–Crippen MR) is 92.4 cm³/mol. The Bertz CT molecular complexity index is 719. The van der Waals surface area contributed by atoms with Crippen LogP contribution in [-0.2, 0) is 9.53 Å². The van der Waals surface area contributed by atoms with Crippen LogP contribution in [0.15, 0.2) is 53.0 Å². The van der Waals surface area contributed by atoms with Crippen LogP contribution >= 0.6 is 27.5 Å². The van der Waals surface area contributed by atoms with Gasteiger partial charge in [-0.15, -0.1) is 0 Å². The van der Waals surface area contributed by atoms with Crippen LogP contribution in [0.4, 0.5) is 0 Å². The van der Waals surface area contributed by atoms with Crippen molar-refractivity contribution in [3.8, 4) is 0 Å². The molecule has 0 N–H and O–H groups in total. The van der Waals surface area contributed by atoms with Gasteiger partial charge >= 0.3 is 5.97 Å². The van der Waals surface area contributed by atoms with Crippen molar-refractivity contribution in [3.05, 3.63) is 69.2 Å². The van der Waals surface area contributed by atoms with Gasteiger partial charge in [0.2, 0.25) is 6.10 Å². The molecule has 120 valence electrons. The number of likely N-dealkylation sites (N-methyl/N-ethyl adjacent to an activating group) is 1. The van der Waals surface area contributed by atoms with E-state index in [0.717, 1.165) is 0 Å². The fourth-order valence-electron chi connectivity index (χ4n) is 1.95. The molecule has 2 rings (SSSR count). The van der Waals surface area contributed by atoms with Gasteiger partial charge in [0.05, 0.1) is 10.6 Å². The van der Waals surface area contributed by atoms with Crippen LogP contribution in [0.2, 0.25) is 5.02 Å². The van der Waals surface area contributed by atoms with E-state index in [1.165, 1.54) is 4.90 Å². The molecule has 0 saturated heterocycles. The third-order valence-corrected chi connectivity index (χ3v) is 3.96. The maximum absolute atomic E-state index is 12.4. The van der Waals surface area contributed by atoms with Crippen molar-refractivity contribution in [2.24, 2.45) is 0 Å². The van der Waals surface area contributed by atoms with Crippen molar-refractivity contribution in [1.82, 2.24) is 4.90 Å². The Labute approximate surface area is 148 Å². The number of halogens is 2. The standard InChI is InChI=1S/C17H15BrClNO3/c1-20(2)16(21)15(11-6-4-3-5-7-11)23-17(22)13-10-12(18)8-9-14(13)19/h3-10,15H,1-2H3/t15-/m0/s1.